The molecule has 1 amide bonds. The Kier molecular flexibility index (Phi) is 7.16. The van der Waals surface area contributed by atoms with E-state index < -0.39 is 18.4 Å². The van der Waals surface area contributed by atoms with E-state index in [1.54, 1.807) is 18.2 Å². The second kappa shape index (κ2) is 7.21. The molecule has 0 aliphatic rings. The average molecular weight is 327 g/mol. The fourth-order valence-corrected chi connectivity index (χ4v) is 1.43. The number of carboxylic acids is 1. The summed E-state index contributed by atoms with van der Waals surface area (Å²) < 4.78 is 0.920. The van der Waals surface area contributed by atoms with E-state index in [0.29, 0.717) is 5.56 Å². The quantitative estimate of drug-likeness (QED) is 0.469. The second-order valence-corrected chi connectivity index (χ2v) is 3.81. The first-order valence-corrected chi connectivity index (χ1v) is 4.91. The van der Waals surface area contributed by atoms with E-state index in [4.69, 9.17) is 0 Å². The number of hydrogen-bond acceptors (Lipinski definition) is 3. The van der Waals surface area contributed by atoms with Crippen LogP contribution in [0, 0.1) is 3.57 Å². The van der Waals surface area contributed by atoms with Gasteiger partial charge in [-0.25, -0.2) is 0 Å². The van der Waals surface area contributed by atoms with Crippen molar-refractivity contribution in [1.29, 1.82) is 0 Å². The monoisotopic (exact) mass is 327 g/mol. The maximum Gasteiger partial charge on any atom is 1.00 e. The van der Waals surface area contributed by atoms with Crippen LogP contribution in [0.5, 0.6) is 0 Å². The number of amides is 1. The number of aliphatic carboxylic acids is 1. The second-order valence-electron chi connectivity index (χ2n) is 2.57. The molecule has 0 radical (unpaired) electrons. The van der Waals surface area contributed by atoms with Crippen molar-refractivity contribution in [3.05, 3.63) is 33.4 Å². The summed E-state index contributed by atoms with van der Waals surface area (Å²) in [6, 6.07) is 6.86. The van der Waals surface area contributed by atoms with Gasteiger partial charge in [0.2, 0.25) is 0 Å². The van der Waals surface area contributed by atoms with E-state index in [9.17, 15) is 14.7 Å². The van der Waals surface area contributed by atoms with Crippen LogP contribution >= 0.6 is 22.6 Å². The van der Waals surface area contributed by atoms with Crippen molar-refractivity contribution in [3.8, 4) is 0 Å². The Hall–Kier alpha value is -0.110. The van der Waals surface area contributed by atoms with Crippen molar-refractivity contribution in [2.45, 2.75) is 0 Å². The number of nitrogens with one attached hydrogen (secondary N) is 1. The first kappa shape index (κ1) is 14.9. The van der Waals surface area contributed by atoms with Crippen LogP contribution in [0.15, 0.2) is 24.3 Å². The van der Waals surface area contributed by atoms with Gasteiger partial charge in [0.05, 0.1) is 12.5 Å². The van der Waals surface area contributed by atoms with Gasteiger partial charge in [-0.2, -0.15) is 0 Å². The van der Waals surface area contributed by atoms with Gasteiger partial charge in [0, 0.05) is 9.13 Å². The van der Waals surface area contributed by atoms with Gasteiger partial charge in [-0.15, -0.1) is 0 Å². The zero-order valence-electron chi connectivity index (χ0n) is 8.12. The van der Waals surface area contributed by atoms with Crippen LogP contribution in [-0.4, -0.2) is 18.4 Å². The summed E-state index contributed by atoms with van der Waals surface area (Å²) in [5.41, 5.74) is 0.443. The molecular weight excluding hydrogens is 320 g/mol. The third kappa shape index (κ3) is 5.50. The van der Waals surface area contributed by atoms with Gasteiger partial charge in [0.15, 0.2) is 0 Å². The Morgan fingerprint density at radius 1 is 1.40 bits per heavy atom. The van der Waals surface area contributed by atoms with Crippen LogP contribution in [-0.2, 0) is 4.79 Å². The van der Waals surface area contributed by atoms with Crippen LogP contribution in [0.3, 0.4) is 0 Å². The third-order valence-corrected chi connectivity index (χ3v) is 2.15. The van der Waals surface area contributed by atoms with Crippen LogP contribution in [0.4, 0.5) is 0 Å². The molecule has 0 aliphatic carbocycles. The first-order chi connectivity index (χ1) is 6.59. The summed E-state index contributed by atoms with van der Waals surface area (Å²) >= 11 is 2.07. The fourth-order valence-electron chi connectivity index (χ4n) is 0.884. The fraction of sp³-hybridized carbons (Fsp3) is 0.111. The molecule has 0 fully saturated rings. The van der Waals surface area contributed by atoms with Crippen molar-refractivity contribution < 1.29 is 44.3 Å². The molecule has 0 aromatic heterocycles. The molecule has 0 unspecified atom stereocenters. The molecule has 1 N–H and O–H groups in total. The summed E-state index contributed by atoms with van der Waals surface area (Å²) in [4.78, 5) is 21.4. The third-order valence-electron chi connectivity index (χ3n) is 1.48. The summed E-state index contributed by atoms with van der Waals surface area (Å²) in [5, 5.41) is 12.3. The maximum atomic E-state index is 11.3. The molecular formula is C9H7INNaO3. The Bertz CT molecular complexity index is 370. The van der Waals surface area contributed by atoms with Crippen LogP contribution in [0.25, 0.3) is 0 Å². The molecule has 74 valence electrons. The van der Waals surface area contributed by atoms with Gasteiger partial charge in [-0.1, -0.05) is 6.07 Å². The minimum absolute atomic E-state index is 0. The van der Waals surface area contributed by atoms with E-state index in [1.165, 1.54) is 0 Å². The molecule has 0 bridgehead atoms. The largest absolute Gasteiger partial charge is 1.00 e. The van der Waals surface area contributed by atoms with Crippen molar-refractivity contribution in [2.24, 2.45) is 0 Å². The summed E-state index contributed by atoms with van der Waals surface area (Å²) in [6.07, 6.45) is 0. The smallest absolute Gasteiger partial charge is 0.548 e. The van der Waals surface area contributed by atoms with Crippen molar-refractivity contribution in [2.75, 3.05) is 6.54 Å². The first-order valence-electron chi connectivity index (χ1n) is 3.83. The van der Waals surface area contributed by atoms with Gasteiger partial charge < -0.3 is 15.2 Å². The zero-order valence-corrected chi connectivity index (χ0v) is 12.3. The topological polar surface area (TPSA) is 69.2 Å². The van der Waals surface area contributed by atoms with E-state index in [-0.39, 0.29) is 29.6 Å². The van der Waals surface area contributed by atoms with Gasteiger partial charge in [0.1, 0.15) is 0 Å². The molecule has 0 aliphatic heterocycles. The number of rotatable bonds is 3. The molecule has 1 aromatic carbocycles. The molecule has 0 heterocycles. The van der Waals surface area contributed by atoms with Crippen LogP contribution in [0.1, 0.15) is 10.4 Å². The standard InChI is InChI=1S/C9H8INO3.Na/c10-7-3-1-2-6(4-7)9(14)11-5-8(12)13;/h1-4H,5H2,(H,11,14)(H,12,13);/q;+1/p-1. The Morgan fingerprint density at radius 3 is 2.60 bits per heavy atom. The van der Waals surface area contributed by atoms with Crippen LogP contribution in [0.2, 0.25) is 0 Å². The van der Waals surface area contributed by atoms with Crippen molar-refractivity contribution in [1.82, 2.24) is 5.32 Å². The summed E-state index contributed by atoms with van der Waals surface area (Å²) in [6.45, 7) is -0.468. The number of benzene rings is 1. The van der Waals surface area contributed by atoms with E-state index in [1.807, 2.05) is 6.07 Å². The number of halogens is 1. The predicted octanol–water partition coefficient (Wildman–Crippen LogP) is -3.23. The molecule has 15 heavy (non-hydrogen) atoms. The number of hydrogen-bond donors (Lipinski definition) is 1. The number of carbonyl (C=O) groups is 2. The molecule has 0 atom stereocenters. The van der Waals surface area contributed by atoms with Crippen molar-refractivity contribution in [3.63, 3.8) is 0 Å². The van der Waals surface area contributed by atoms with E-state index in [2.05, 4.69) is 27.9 Å². The average Bonchev–Trinajstić information content (AvgIpc) is 2.14. The van der Waals surface area contributed by atoms with Gasteiger partial charge >= 0.3 is 29.6 Å². The minimum atomic E-state index is -1.30. The van der Waals surface area contributed by atoms with Crippen LogP contribution < -0.4 is 40.0 Å². The van der Waals surface area contributed by atoms with Gasteiger partial charge in [-0.05, 0) is 40.8 Å². The Labute approximate surface area is 123 Å². The zero-order chi connectivity index (χ0) is 10.6. The van der Waals surface area contributed by atoms with E-state index >= 15 is 0 Å². The predicted molar refractivity (Wildman–Crippen MR) is 56.5 cm³/mol. The molecule has 0 saturated heterocycles. The summed E-state index contributed by atoms with van der Waals surface area (Å²) in [7, 11) is 0. The normalized spacial score (nSPS) is 8.87. The maximum absolute atomic E-state index is 11.3. The number of carboxylic acid groups (broad SMARTS) is 1. The molecule has 0 spiro atoms. The minimum Gasteiger partial charge on any atom is -0.548 e. The number of carbonyl (C=O) groups excluding carboxylic acids is 2. The molecule has 0 saturated carbocycles. The Morgan fingerprint density at radius 2 is 2.07 bits per heavy atom. The molecule has 6 heteroatoms. The van der Waals surface area contributed by atoms with Gasteiger partial charge in [0.25, 0.3) is 5.91 Å². The molecule has 1 rings (SSSR count). The molecule has 4 nitrogen and oxygen atoms in total. The summed E-state index contributed by atoms with van der Waals surface area (Å²) in [5.74, 6) is -1.71. The van der Waals surface area contributed by atoms with Crippen molar-refractivity contribution >= 4 is 34.5 Å². The van der Waals surface area contributed by atoms with Gasteiger partial charge in [-0.3, -0.25) is 4.79 Å². The SMILES string of the molecule is O=C([O-])CNC(=O)c1cccc(I)c1.[Na+]. The van der Waals surface area contributed by atoms with E-state index in [0.717, 1.165) is 3.57 Å². The Balaban J connectivity index is 0.00000196. The molecule has 1 aromatic rings.